The number of anilines is 1. The normalized spacial score (nSPS) is 29.0. The van der Waals surface area contributed by atoms with Crippen LogP contribution >= 0.6 is 0 Å². The molecule has 0 unspecified atom stereocenters. The first-order valence-electron chi connectivity index (χ1n) is 13.8. The largest absolute Gasteiger partial charge is 0.379 e. The Kier molecular flexibility index (Phi) is 7.87. The van der Waals surface area contributed by atoms with Crippen LogP contribution < -0.4 is 5.32 Å². The van der Waals surface area contributed by atoms with Gasteiger partial charge in [0.15, 0.2) is 0 Å². The van der Waals surface area contributed by atoms with Crippen molar-refractivity contribution in [2.75, 3.05) is 32.1 Å². The summed E-state index contributed by atoms with van der Waals surface area (Å²) < 4.78 is 5.79. The molecule has 1 aliphatic carbocycles. The zero-order chi connectivity index (χ0) is 25.1. The molecule has 1 aromatic carbocycles. The first-order valence-corrected chi connectivity index (χ1v) is 13.8. The molecule has 5 rings (SSSR count). The predicted molar refractivity (Wildman–Crippen MR) is 142 cm³/mol. The van der Waals surface area contributed by atoms with Crippen LogP contribution in [0.1, 0.15) is 68.7 Å². The van der Waals surface area contributed by atoms with Crippen molar-refractivity contribution in [1.29, 1.82) is 0 Å². The molecule has 1 saturated carbocycles. The monoisotopic (exact) mass is 491 g/mol. The maximum absolute atomic E-state index is 14.0. The zero-order valence-electron chi connectivity index (χ0n) is 22.0. The number of benzene rings is 1. The molecule has 3 aliphatic rings. The number of ether oxygens (including phenoxy) is 1. The van der Waals surface area contributed by atoms with Crippen LogP contribution in [0.15, 0.2) is 36.5 Å². The van der Waals surface area contributed by atoms with Crippen molar-refractivity contribution >= 4 is 11.9 Å². The Morgan fingerprint density at radius 2 is 1.92 bits per heavy atom. The van der Waals surface area contributed by atoms with Gasteiger partial charge in [-0.2, -0.15) is 0 Å². The molecule has 1 N–H and O–H groups in total. The molecular formula is C29H41N5O2. The number of nitrogens with zero attached hydrogens (tertiary/aromatic N) is 4. The fourth-order valence-corrected chi connectivity index (χ4v) is 6.31. The summed E-state index contributed by atoms with van der Waals surface area (Å²) in [4.78, 5) is 28.0. The predicted octanol–water partition coefficient (Wildman–Crippen LogP) is 4.24. The van der Waals surface area contributed by atoms with E-state index in [1.54, 1.807) is 0 Å². The molecule has 3 atom stereocenters. The molecule has 0 bridgehead atoms. The van der Waals surface area contributed by atoms with Gasteiger partial charge in [-0.1, -0.05) is 30.3 Å². The maximum Gasteiger partial charge on any atom is 0.227 e. The van der Waals surface area contributed by atoms with Gasteiger partial charge in [-0.05, 0) is 77.1 Å². The Hall–Kier alpha value is -2.51. The SMILES string of the molecule is CCOC1CCC(Nc2ncc3c(n2)CN(C(=O)[C@H]2CCN(C)C[C@@H]2c2ccccc2)[C@H](C)C3)CC1. The third kappa shape index (κ3) is 5.57. The third-order valence-electron chi connectivity index (χ3n) is 8.38. The summed E-state index contributed by atoms with van der Waals surface area (Å²) in [5.41, 5.74) is 3.42. The number of likely N-dealkylation sites (tertiary alicyclic amines) is 1. The molecular weight excluding hydrogens is 450 g/mol. The van der Waals surface area contributed by atoms with E-state index in [4.69, 9.17) is 9.72 Å². The molecule has 1 amide bonds. The van der Waals surface area contributed by atoms with Crippen molar-refractivity contribution in [3.63, 3.8) is 0 Å². The fourth-order valence-electron chi connectivity index (χ4n) is 6.31. The van der Waals surface area contributed by atoms with Crippen LogP contribution in [0.25, 0.3) is 0 Å². The Morgan fingerprint density at radius 1 is 1.14 bits per heavy atom. The van der Waals surface area contributed by atoms with E-state index in [2.05, 4.69) is 65.3 Å². The molecule has 7 nitrogen and oxygen atoms in total. The quantitative estimate of drug-likeness (QED) is 0.652. The summed E-state index contributed by atoms with van der Waals surface area (Å²) in [6, 6.07) is 11.1. The van der Waals surface area contributed by atoms with Crippen molar-refractivity contribution in [2.24, 2.45) is 5.92 Å². The summed E-state index contributed by atoms with van der Waals surface area (Å²) in [6.45, 7) is 7.46. The van der Waals surface area contributed by atoms with Crippen molar-refractivity contribution in [1.82, 2.24) is 19.8 Å². The number of hydrogen-bond donors (Lipinski definition) is 1. The lowest BCUT2D eigenvalue weighted by Gasteiger charge is -2.42. The standard InChI is InChI=1S/C29H41N5O2/c1-4-36-24-12-10-23(11-13-24)31-29-30-17-22-16-20(2)34(19-27(22)32-29)28(35)25-14-15-33(3)18-26(25)21-8-6-5-7-9-21/h5-9,17,20,23-26H,4,10-16,18-19H2,1-3H3,(H,30,31,32)/t20-,23?,24?,25+,26-/m1/s1. The number of hydrogen-bond acceptors (Lipinski definition) is 6. The van der Waals surface area contributed by atoms with E-state index in [-0.39, 0.29) is 23.8 Å². The molecule has 2 aromatic rings. The van der Waals surface area contributed by atoms with Gasteiger partial charge in [0.1, 0.15) is 0 Å². The highest BCUT2D eigenvalue weighted by molar-refractivity contribution is 5.80. The summed E-state index contributed by atoms with van der Waals surface area (Å²) in [5.74, 6) is 1.20. The molecule has 2 aliphatic heterocycles. The number of fused-ring (bicyclic) bond motifs is 1. The van der Waals surface area contributed by atoms with Gasteiger partial charge in [0.2, 0.25) is 11.9 Å². The van der Waals surface area contributed by atoms with Gasteiger partial charge >= 0.3 is 0 Å². The molecule has 36 heavy (non-hydrogen) atoms. The average Bonchev–Trinajstić information content (AvgIpc) is 2.90. The first kappa shape index (κ1) is 25.2. The van der Waals surface area contributed by atoms with Crippen LogP contribution in [0.5, 0.6) is 0 Å². The number of aromatic nitrogens is 2. The molecule has 194 valence electrons. The third-order valence-corrected chi connectivity index (χ3v) is 8.38. The van der Waals surface area contributed by atoms with E-state index in [9.17, 15) is 4.79 Å². The maximum atomic E-state index is 14.0. The topological polar surface area (TPSA) is 70.6 Å². The van der Waals surface area contributed by atoms with E-state index in [0.717, 1.165) is 63.9 Å². The van der Waals surface area contributed by atoms with Crippen LogP contribution in [0.4, 0.5) is 5.95 Å². The molecule has 3 heterocycles. The summed E-state index contributed by atoms with van der Waals surface area (Å²) >= 11 is 0. The van der Waals surface area contributed by atoms with Gasteiger partial charge in [0, 0.05) is 43.3 Å². The minimum Gasteiger partial charge on any atom is -0.379 e. The lowest BCUT2D eigenvalue weighted by atomic mass is 9.79. The smallest absolute Gasteiger partial charge is 0.227 e. The lowest BCUT2D eigenvalue weighted by molar-refractivity contribution is -0.141. The molecule has 0 spiro atoms. The van der Waals surface area contributed by atoms with E-state index < -0.39 is 0 Å². The Balaban J connectivity index is 1.28. The molecule has 7 heteroatoms. The second kappa shape index (κ2) is 11.3. The second-order valence-electron chi connectivity index (χ2n) is 10.9. The van der Waals surface area contributed by atoms with Gasteiger partial charge in [-0.3, -0.25) is 4.79 Å². The summed E-state index contributed by atoms with van der Waals surface area (Å²) in [7, 11) is 2.16. The van der Waals surface area contributed by atoms with Crippen molar-refractivity contribution < 1.29 is 9.53 Å². The van der Waals surface area contributed by atoms with Crippen molar-refractivity contribution in [3.05, 3.63) is 53.3 Å². The number of amides is 1. The van der Waals surface area contributed by atoms with Crippen LogP contribution in [0.3, 0.4) is 0 Å². The number of nitrogens with one attached hydrogen (secondary N) is 1. The lowest BCUT2D eigenvalue weighted by Crippen LogP contribution is -2.50. The minimum absolute atomic E-state index is 0.00700. The number of piperidine rings is 1. The highest BCUT2D eigenvalue weighted by atomic mass is 16.5. The van der Waals surface area contributed by atoms with E-state index in [0.29, 0.717) is 24.6 Å². The Labute approximate surface area is 215 Å². The number of carbonyl (C=O) groups is 1. The van der Waals surface area contributed by atoms with Gasteiger partial charge in [0.05, 0.1) is 18.3 Å². The average molecular weight is 492 g/mol. The number of rotatable bonds is 6. The molecule has 1 saturated heterocycles. The molecule has 0 radical (unpaired) electrons. The van der Waals surface area contributed by atoms with Gasteiger partial charge in [-0.15, -0.1) is 0 Å². The Morgan fingerprint density at radius 3 is 2.67 bits per heavy atom. The number of carbonyl (C=O) groups excluding carboxylic acids is 1. The van der Waals surface area contributed by atoms with Gasteiger partial charge in [-0.25, -0.2) is 9.97 Å². The van der Waals surface area contributed by atoms with Crippen molar-refractivity contribution in [2.45, 2.75) is 83.0 Å². The van der Waals surface area contributed by atoms with E-state index in [1.165, 1.54) is 11.1 Å². The van der Waals surface area contributed by atoms with E-state index in [1.807, 2.05) is 12.3 Å². The zero-order valence-corrected chi connectivity index (χ0v) is 22.0. The summed E-state index contributed by atoms with van der Waals surface area (Å²) in [5, 5.41) is 3.56. The van der Waals surface area contributed by atoms with Crippen LogP contribution in [-0.4, -0.2) is 70.6 Å². The highest BCUT2D eigenvalue weighted by Crippen LogP contribution is 2.35. The molecule has 2 fully saturated rings. The minimum atomic E-state index is 0.00700. The van der Waals surface area contributed by atoms with Gasteiger partial charge < -0.3 is 19.9 Å². The Bertz CT molecular complexity index is 1020. The van der Waals surface area contributed by atoms with Crippen LogP contribution in [0, 0.1) is 5.92 Å². The van der Waals surface area contributed by atoms with Crippen LogP contribution in [-0.2, 0) is 22.5 Å². The highest BCUT2D eigenvalue weighted by Gasteiger charge is 2.39. The second-order valence-corrected chi connectivity index (χ2v) is 10.9. The van der Waals surface area contributed by atoms with Gasteiger partial charge in [0.25, 0.3) is 0 Å². The fraction of sp³-hybridized carbons (Fsp3) is 0.621. The first-order chi connectivity index (χ1) is 17.5. The van der Waals surface area contributed by atoms with E-state index >= 15 is 0 Å². The molecule has 1 aromatic heterocycles. The van der Waals surface area contributed by atoms with Crippen LogP contribution in [0.2, 0.25) is 0 Å². The van der Waals surface area contributed by atoms with Crippen molar-refractivity contribution in [3.8, 4) is 0 Å². The number of likely N-dealkylation sites (N-methyl/N-ethyl adjacent to an activating group) is 1. The summed E-state index contributed by atoms with van der Waals surface area (Å²) in [6.07, 6.45) is 8.36.